The molecule has 0 saturated carbocycles. The van der Waals surface area contributed by atoms with Gasteiger partial charge in [0.15, 0.2) is 6.61 Å². The van der Waals surface area contributed by atoms with Crippen LogP contribution in [0.15, 0.2) is 48.5 Å². The van der Waals surface area contributed by atoms with Crippen LogP contribution in [0.5, 0.6) is 5.75 Å². The number of hydrogen-bond acceptors (Lipinski definition) is 3. The molecule has 5 nitrogen and oxygen atoms in total. The largest absolute Gasteiger partial charge is 0.484 e. The number of nitrogens with one attached hydrogen (secondary N) is 1. The summed E-state index contributed by atoms with van der Waals surface area (Å²) in [4.78, 5) is 24.9. The molecule has 1 N–H and O–H groups in total. The number of ether oxygens (including phenoxy) is 1. The molecule has 0 aliphatic rings. The lowest BCUT2D eigenvalue weighted by atomic mass is 10.2. The van der Waals surface area contributed by atoms with Gasteiger partial charge in [-0.05, 0) is 42.3 Å². The van der Waals surface area contributed by atoms with Crippen LogP contribution in [0.3, 0.4) is 0 Å². The first kappa shape index (κ1) is 17.5. The summed E-state index contributed by atoms with van der Waals surface area (Å²) in [5, 5.41) is 2.77. The van der Waals surface area contributed by atoms with Crippen LogP contribution in [0.25, 0.3) is 0 Å². The number of nitrogens with zero attached hydrogens (tertiary/aromatic N) is 1. The van der Waals surface area contributed by atoms with Gasteiger partial charge in [0.25, 0.3) is 5.91 Å². The van der Waals surface area contributed by atoms with Crippen molar-refractivity contribution in [3.63, 3.8) is 0 Å². The van der Waals surface area contributed by atoms with Crippen molar-refractivity contribution in [3.05, 3.63) is 54.1 Å². The lowest BCUT2D eigenvalue weighted by Crippen LogP contribution is -2.23. The smallest absolute Gasteiger partial charge is 0.262 e. The monoisotopic (exact) mass is 326 g/mol. The van der Waals surface area contributed by atoms with Crippen molar-refractivity contribution in [2.45, 2.75) is 20.3 Å². The molecule has 0 atom stereocenters. The molecular weight excluding hydrogens is 304 g/mol. The fraction of sp³-hybridized carbons (Fsp3) is 0.263. The molecule has 0 radical (unpaired) electrons. The lowest BCUT2D eigenvalue weighted by Gasteiger charge is -2.16. The highest BCUT2D eigenvalue weighted by atomic mass is 16.5. The van der Waals surface area contributed by atoms with E-state index in [2.05, 4.69) is 12.2 Å². The van der Waals surface area contributed by atoms with Crippen LogP contribution >= 0.6 is 0 Å². The maximum Gasteiger partial charge on any atom is 0.262 e. The number of aryl methyl sites for hydroxylation is 1. The number of carbonyl (C=O) groups excluding carboxylic acids is 2. The highest BCUT2D eigenvalue weighted by Crippen LogP contribution is 2.18. The normalized spacial score (nSPS) is 10.1. The van der Waals surface area contributed by atoms with Gasteiger partial charge in [-0.15, -0.1) is 0 Å². The molecule has 5 heteroatoms. The molecule has 0 heterocycles. The van der Waals surface area contributed by atoms with Crippen LogP contribution in [0, 0.1) is 0 Å². The van der Waals surface area contributed by atoms with Crippen molar-refractivity contribution >= 4 is 23.2 Å². The van der Waals surface area contributed by atoms with Gasteiger partial charge in [0.05, 0.1) is 0 Å². The second kappa shape index (κ2) is 8.15. The Morgan fingerprint density at radius 3 is 2.46 bits per heavy atom. The molecule has 0 aliphatic heterocycles. The summed E-state index contributed by atoms with van der Waals surface area (Å²) in [6.45, 7) is 3.50. The summed E-state index contributed by atoms with van der Waals surface area (Å²) in [7, 11) is 1.69. The number of benzene rings is 2. The summed E-state index contributed by atoms with van der Waals surface area (Å²) in [5.41, 5.74) is 2.56. The van der Waals surface area contributed by atoms with E-state index >= 15 is 0 Å². The summed E-state index contributed by atoms with van der Waals surface area (Å²) >= 11 is 0. The standard InChI is InChI=1S/C19H22N2O3/c1-4-15-8-10-18(11-9-15)24-13-19(23)20-16-6-5-7-17(12-16)21(3)14(2)22/h5-12H,4,13H2,1-3H3,(H,20,23). The molecule has 24 heavy (non-hydrogen) atoms. The van der Waals surface area contributed by atoms with Gasteiger partial charge < -0.3 is 15.0 Å². The first-order chi connectivity index (χ1) is 11.5. The Bertz CT molecular complexity index is 711. The number of rotatable bonds is 6. The van der Waals surface area contributed by atoms with Gasteiger partial charge in [-0.3, -0.25) is 9.59 Å². The average molecular weight is 326 g/mol. The van der Waals surface area contributed by atoms with Crippen molar-refractivity contribution in [1.29, 1.82) is 0 Å². The predicted molar refractivity (Wildman–Crippen MR) is 95.5 cm³/mol. The van der Waals surface area contributed by atoms with Gasteiger partial charge in [-0.1, -0.05) is 25.1 Å². The Hall–Kier alpha value is -2.82. The average Bonchev–Trinajstić information content (AvgIpc) is 2.60. The predicted octanol–water partition coefficient (Wildman–Crippen LogP) is 3.25. The van der Waals surface area contributed by atoms with E-state index in [4.69, 9.17) is 4.74 Å². The Labute approximate surface area is 142 Å². The van der Waals surface area contributed by atoms with Gasteiger partial charge in [0, 0.05) is 25.3 Å². The fourth-order valence-electron chi connectivity index (χ4n) is 2.14. The maximum absolute atomic E-state index is 12.0. The third-order valence-corrected chi connectivity index (χ3v) is 3.69. The quantitative estimate of drug-likeness (QED) is 0.886. The van der Waals surface area contributed by atoms with Gasteiger partial charge >= 0.3 is 0 Å². The molecular formula is C19H22N2O3. The van der Waals surface area contributed by atoms with Gasteiger partial charge in [-0.2, -0.15) is 0 Å². The number of anilines is 2. The SMILES string of the molecule is CCc1ccc(OCC(=O)Nc2cccc(N(C)C(C)=O)c2)cc1. The second-order valence-electron chi connectivity index (χ2n) is 5.46. The molecule has 126 valence electrons. The van der Waals surface area contributed by atoms with Gasteiger partial charge in [-0.25, -0.2) is 0 Å². The van der Waals surface area contributed by atoms with Crippen LogP contribution in [-0.4, -0.2) is 25.5 Å². The van der Waals surface area contributed by atoms with Crippen LogP contribution in [-0.2, 0) is 16.0 Å². The number of carbonyl (C=O) groups is 2. The first-order valence-electron chi connectivity index (χ1n) is 7.85. The van der Waals surface area contributed by atoms with E-state index in [1.807, 2.05) is 30.3 Å². The Morgan fingerprint density at radius 1 is 1.12 bits per heavy atom. The summed E-state index contributed by atoms with van der Waals surface area (Å²) in [6, 6.07) is 14.8. The lowest BCUT2D eigenvalue weighted by molar-refractivity contribution is -0.118. The third kappa shape index (κ3) is 4.84. The van der Waals surface area contributed by atoms with E-state index < -0.39 is 0 Å². The Morgan fingerprint density at radius 2 is 1.83 bits per heavy atom. The molecule has 0 aromatic heterocycles. The molecule has 0 spiro atoms. The van der Waals surface area contributed by atoms with E-state index in [1.54, 1.807) is 25.2 Å². The van der Waals surface area contributed by atoms with E-state index in [9.17, 15) is 9.59 Å². The highest BCUT2D eigenvalue weighted by Gasteiger charge is 2.08. The van der Waals surface area contributed by atoms with Crippen molar-refractivity contribution in [2.24, 2.45) is 0 Å². The van der Waals surface area contributed by atoms with Crippen LogP contribution in [0.2, 0.25) is 0 Å². The molecule has 0 unspecified atom stereocenters. The third-order valence-electron chi connectivity index (χ3n) is 3.69. The molecule has 0 bridgehead atoms. The van der Waals surface area contributed by atoms with Crippen LogP contribution in [0.4, 0.5) is 11.4 Å². The second-order valence-corrected chi connectivity index (χ2v) is 5.46. The van der Waals surface area contributed by atoms with E-state index in [0.29, 0.717) is 11.4 Å². The topological polar surface area (TPSA) is 58.6 Å². The summed E-state index contributed by atoms with van der Waals surface area (Å²) in [6.07, 6.45) is 0.964. The molecule has 0 fully saturated rings. The molecule has 2 rings (SSSR count). The first-order valence-corrected chi connectivity index (χ1v) is 7.85. The summed E-state index contributed by atoms with van der Waals surface area (Å²) < 4.78 is 5.48. The molecule has 2 aromatic rings. The van der Waals surface area contributed by atoms with E-state index in [0.717, 1.165) is 12.1 Å². The van der Waals surface area contributed by atoms with E-state index in [-0.39, 0.29) is 18.4 Å². The summed E-state index contributed by atoms with van der Waals surface area (Å²) in [5.74, 6) is 0.335. The van der Waals surface area contributed by atoms with Crippen molar-refractivity contribution in [2.75, 3.05) is 23.9 Å². The zero-order valence-electron chi connectivity index (χ0n) is 14.2. The Balaban J connectivity index is 1.92. The molecule has 2 amide bonds. The Kier molecular flexibility index (Phi) is 5.95. The minimum Gasteiger partial charge on any atom is -0.484 e. The highest BCUT2D eigenvalue weighted by molar-refractivity contribution is 5.94. The molecule has 2 aromatic carbocycles. The van der Waals surface area contributed by atoms with E-state index in [1.165, 1.54) is 17.4 Å². The van der Waals surface area contributed by atoms with Crippen molar-refractivity contribution in [3.8, 4) is 5.75 Å². The zero-order valence-corrected chi connectivity index (χ0v) is 14.2. The molecule has 0 aliphatic carbocycles. The van der Waals surface area contributed by atoms with Crippen molar-refractivity contribution in [1.82, 2.24) is 0 Å². The number of amides is 2. The molecule has 0 saturated heterocycles. The van der Waals surface area contributed by atoms with Gasteiger partial charge in [0.1, 0.15) is 5.75 Å². The minimum absolute atomic E-state index is 0.0712. The minimum atomic E-state index is -0.253. The van der Waals surface area contributed by atoms with Gasteiger partial charge in [0.2, 0.25) is 5.91 Å². The number of hydrogen-bond donors (Lipinski definition) is 1. The zero-order chi connectivity index (χ0) is 17.5. The fourth-order valence-corrected chi connectivity index (χ4v) is 2.14. The van der Waals surface area contributed by atoms with Crippen LogP contribution < -0.4 is 15.0 Å². The maximum atomic E-state index is 12.0. The van der Waals surface area contributed by atoms with Crippen LogP contribution in [0.1, 0.15) is 19.4 Å². The van der Waals surface area contributed by atoms with Crippen molar-refractivity contribution < 1.29 is 14.3 Å².